The van der Waals surface area contributed by atoms with Crippen LogP contribution < -0.4 is 0 Å². The molecule has 0 aliphatic rings. The van der Waals surface area contributed by atoms with Crippen molar-refractivity contribution in [1.82, 2.24) is 0 Å². The largest absolute Gasteiger partial charge is 0.466 e. The number of alkyl halides is 1. The molecule has 0 unspecified atom stereocenters. The number of halogens is 2. The Bertz CT molecular complexity index is 417. The maximum atomic E-state index is 11.7. The van der Waals surface area contributed by atoms with Crippen LogP contribution in [0.1, 0.15) is 29.3 Å². The molecule has 0 aliphatic heterocycles. The van der Waals surface area contributed by atoms with Gasteiger partial charge < -0.3 is 4.74 Å². The Morgan fingerprint density at radius 3 is 2.39 bits per heavy atom. The van der Waals surface area contributed by atoms with E-state index < -0.39 is 5.97 Å². The van der Waals surface area contributed by atoms with Gasteiger partial charge in [0.05, 0.1) is 11.6 Å². The van der Waals surface area contributed by atoms with Gasteiger partial charge in [0.25, 0.3) is 0 Å². The van der Waals surface area contributed by atoms with Crippen molar-refractivity contribution in [2.45, 2.75) is 20.3 Å². The zero-order chi connectivity index (χ0) is 14.1. The topological polar surface area (TPSA) is 43.4 Å². The fraction of sp³-hybridized carbons (Fsp3) is 0.385. The molecule has 0 amide bonds. The number of hydrogen-bond acceptors (Lipinski definition) is 3. The molecule has 0 N–H and O–H groups in total. The summed E-state index contributed by atoms with van der Waals surface area (Å²) in [6.07, 6.45) is 1.20. The first-order valence-corrected chi connectivity index (χ1v) is 6.50. The first kappa shape index (κ1) is 16.9. The van der Waals surface area contributed by atoms with Gasteiger partial charge in [0.15, 0.2) is 5.78 Å². The van der Waals surface area contributed by atoms with Gasteiger partial charge in [-0.2, -0.15) is 0 Å². The number of carbonyl (C=O) groups is 2. The number of aryl methyl sites for hydroxylation is 1. The average molecular weight is 291 g/mol. The van der Waals surface area contributed by atoms with Crippen LogP contribution in [0.2, 0.25) is 5.02 Å². The van der Waals surface area contributed by atoms with Crippen molar-refractivity contribution >= 4 is 35.0 Å². The van der Waals surface area contributed by atoms with Crippen molar-refractivity contribution in [3.8, 4) is 0 Å². The summed E-state index contributed by atoms with van der Waals surface area (Å²) in [7, 11) is 0. The highest BCUT2D eigenvalue weighted by Crippen LogP contribution is 2.19. The number of Topliss-reactive ketones (excluding diaryl/α,β-unsaturated/α-hetero) is 1. The predicted octanol–water partition coefficient (Wildman–Crippen LogP) is 3.64. The molecule has 0 bridgehead atoms. The summed E-state index contributed by atoms with van der Waals surface area (Å²) in [5, 5.41) is 0.370. The zero-order valence-corrected chi connectivity index (χ0v) is 12.1. The molecule has 100 valence electrons. The number of hydrogen-bond donors (Lipinski definition) is 0. The molecule has 5 heteroatoms. The van der Waals surface area contributed by atoms with Crippen molar-refractivity contribution in [3.05, 3.63) is 34.3 Å². The van der Waals surface area contributed by atoms with Crippen molar-refractivity contribution < 1.29 is 14.3 Å². The van der Waals surface area contributed by atoms with E-state index in [0.29, 0.717) is 10.6 Å². The molecule has 1 aromatic carbocycles. The van der Waals surface area contributed by atoms with Gasteiger partial charge in [0.1, 0.15) is 6.42 Å². The van der Waals surface area contributed by atoms with Crippen molar-refractivity contribution in [2.75, 3.05) is 13.0 Å². The highest BCUT2D eigenvalue weighted by atomic mass is 35.5. The number of ether oxygens (including phenoxy) is 1. The summed E-state index contributed by atoms with van der Waals surface area (Å²) in [4.78, 5) is 22.8. The molecule has 0 aromatic heterocycles. The van der Waals surface area contributed by atoms with Gasteiger partial charge in [-0.25, -0.2) is 0 Å². The van der Waals surface area contributed by atoms with E-state index in [9.17, 15) is 9.59 Å². The lowest BCUT2D eigenvalue weighted by Crippen LogP contribution is -2.11. The number of benzene rings is 1. The highest BCUT2D eigenvalue weighted by molar-refractivity contribution is 6.34. The van der Waals surface area contributed by atoms with Crippen LogP contribution in [0.5, 0.6) is 0 Å². The van der Waals surface area contributed by atoms with Crippen LogP contribution in [-0.4, -0.2) is 24.7 Å². The number of rotatable bonds is 4. The molecule has 0 aliphatic carbocycles. The molecule has 0 saturated carbocycles. The molecule has 0 fully saturated rings. The summed E-state index contributed by atoms with van der Waals surface area (Å²) >= 11 is 10.6. The fourth-order valence-corrected chi connectivity index (χ4v) is 1.63. The minimum atomic E-state index is -0.524. The van der Waals surface area contributed by atoms with Gasteiger partial charge in [-0.15, -0.1) is 11.6 Å². The maximum Gasteiger partial charge on any atom is 0.313 e. The second-order valence-corrected chi connectivity index (χ2v) is 3.80. The molecule has 0 radical (unpaired) electrons. The number of ketones is 1. The van der Waals surface area contributed by atoms with E-state index in [1.807, 2.05) is 6.92 Å². The van der Waals surface area contributed by atoms with Crippen molar-refractivity contribution in [1.29, 1.82) is 0 Å². The number of esters is 1. The van der Waals surface area contributed by atoms with Crippen LogP contribution in [0.15, 0.2) is 18.2 Å². The molecule has 0 spiro atoms. The normalized spacial score (nSPS) is 9.17. The maximum absolute atomic E-state index is 11.7. The lowest BCUT2D eigenvalue weighted by atomic mass is 10.1. The van der Waals surface area contributed by atoms with E-state index in [2.05, 4.69) is 11.6 Å². The third kappa shape index (κ3) is 5.52. The Hall–Kier alpha value is -1.06. The van der Waals surface area contributed by atoms with Gasteiger partial charge in [-0.05, 0) is 31.5 Å². The summed E-state index contributed by atoms with van der Waals surface area (Å²) in [5.41, 5.74) is 1.33. The monoisotopic (exact) mass is 290 g/mol. The summed E-state index contributed by atoms with van der Waals surface area (Å²) < 4.78 is 4.69. The van der Waals surface area contributed by atoms with E-state index in [1.165, 1.54) is 6.38 Å². The minimum Gasteiger partial charge on any atom is -0.466 e. The van der Waals surface area contributed by atoms with Crippen molar-refractivity contribution in [3.63, 3.8) is 0 Å². The van der Waals surface area contributed by atoms with Crippen LogP contribution in [0.25, 0.3) is 0 Å². The fourth-order valence-electron chi connectivity index (χ4n) is 1.28. The van der Waals surface area contributed by atoms with Crippen LogP contribution in [0.4, 0.5) is 0 Å². The molecular weight excluding hydrogens is 275 g/mol. The first-order valence-electron chi connectivity index (χ1n) is 5.37. The van der Waals surface area contributed by atoms with E-state index in [0.717, 1.165) is 5.56 Å². The highest BCUT2D eigenvalue weighted by Gasteiger charge is 2.15. The van der Waals surface area contributed by atoms with Gasteiger partial charge in [0.2, 0.25) is 0 Å². The Balaban J connectivity index is 0.00000137. The molecule has 0 saturated heterocycles. The lowest BCUT2D eigenvalue weighted by molar-refractivity contribution is -0.141. The SMILES string of the molecule is CCOC(=O)CC(=O)c1ccc(C)cc1Cl.CCl. The zero-order valence-electron chi connectivity index (χ0n) is 10.6. The second kappa shape index (κ2) is 8.95. The number of carbonyl (C=O) groups excluding carboxylic acids is 2. The Kier molecular flexibility index (Phi) is 8.42. The third-order valence-corrected chi connectivity index (χ3v) is 2.35. The Morgan fingerprint density at radius 2 is 1.89 bits per heavy atom. The Labute approximate surface area is 117 Å². The van der Waals surface area contributed by atoms with Gasteiger partial charge in [-0.1, -0.05) is 17.7 Å². The van der Waals surface area contributed by atoms with Crippen LogP contribution in [0, 0.1) is 6.92 Å². The van der Waals surface area contributed by atoms with Gasteiger partial charge in [-0.3, -0.25) is 9.59 Å². The van der Waals surface area contributed by atoms with E-state index in [4.69, 9.17) is 16.3 Å². The van der Waals surface area contributed by atoms with Crippen LogP contribution >= 0.6 is 23.2 Å². The summed E-state index contributed by atoms with van der Waals surface area (Å²) in [6, 6.07) is 5.10. The van der Waals surface area contributed by atoms with Crippen LogP contribution in [-0.2, 0) is 9.53 Å². The molecule has 18 heavy (non-hydrogen) atoms. The Morgan fingerprint density at radius 1 is 1.28 bits per heavy atom. The molecule has 3 nitrogen and oxygen atoms in total. The molecule has 1 aromatic rings. The standard InChI is InChI=1S/C12H13ClO3.CH3Cl/c1-3-16-12(15)7-11(14)9-5-4-8(2)6-10(9)13;1-2/h4-6H,3,7H2,1-2H3;1H3. The summed E-state index contributed by atoms with van der Waals surface area (Å²) in [5.74, 6) is -0.840. The van der Waals surface area contributed by atoms with Gasteiger partial charge >= 0.3 is 5.97 Å². The third-order valence-electron chi connectivity index (χ3n) is 2.04. The quantitative estimate of drug-likeness (QED) is 0.368. The predicted molar refractivity (Wildman–Crippen MR) is 73.5 cm³/mol. The lowest BCUT2D eigenvalue weighted by Gasteiger charge is -2.04. The molecule has 1 rings (SSSR count). The summed E-state index contributed by atoms with van der Waals surface area (Å²) in [6.45, 7) is 3.85. The van der Waals surface area contributed by atoms with E-state index in [1.54, 1.807) is 25.1 Å². The van der Waals surface area contributed by atoms with Crippen LogP contribution in [0.3, 0.4) is 0 Å². The second-order valence-electron chi connectivity index (χ2n) is 3.39. The van der Waals surface area contributed by atoms with E-state index in [-0.39, 0.29) is 18.8 Å². The molecule has 0 atom stereocenters. The van der Waals surface area contributed by atoms with Crippen molar-refractivity contribution in [2.24, 2.45) is 0 Å². The minimum absolute atomic E-state index is 0.267. The molecular formula is C13H16Cl2O3. The smallest absolute Gasteiger partial charge is 0.313 e. The molecule has 0 heterocycles. The van der Waals surface area contributed by atoms with E-state index >= 15 is 0 Å². The first-order chi connectivity index (χ1) is 8.54. The van der Waals surface area contributed by atoms with Gasteiger partial charge in [0, 0.05) is 11.9 Å². The average Bonchev–Trinajstić information content (AvgIpc) is 2.31.